The number of hydrogen-bond donors (Lipinski definition) is 2. The van der Waals surface area contributed by atoms with Crippen LogP contribution in [0.4, 0.5) is 5.69 Å². The number of β-amino-alcohol motifs (C(OH)–C–C–N with tert-alkyl or cyclic N) is 1. The molecule has 4 rings (SSSR count). The molecule has 1 aromatic heterocycles. The van der Waals surface area contributed by atoms with Gasteiger partial charge in [0, 0.05) is 55.7 Å². The molecule has 35 heavy (non-hydrogen) atoms. The number of anilines is 1. The van der Waals surface area contributed by atoms with Crippen LogP contribution < -0.4 is 19.9 Å². The summed E-state index contributed by atoms with van der Waals surface area (Å²) < 4.78 is 11.1. The van der Waals surface area contributed by atoms with Crippen LogP contribution in [-0.2, 0) is 0 Å². The summed E-state index contributed by atoms with van der Waals surface area (Å²) in [6.45, 7) is 6.07. The molecule has 2 aromatic carbocycles. The largest absolute Gasteiger partial charge is 0.497 e. The van der Waals surface area contributed by atoms with E-state index in [2.05, 4.69) is 20.9 Å². The molecule has 1 aliphatic heterocycles. The quantitative estimate of drug-likeness (QED) is 0.518. The maximum atomic E-state index is 11.8. The Hall–Kier alpha value is -3.80. The van der Waals surface area contributed by atoms with Crippen molar-refractivity contribution >= 4 is 5.69 Å². The van der Waals surface area contributed by atoms with Crippen LogP contribution in [-0.4, -0.2) is 67.5 Å². The van der Waals surface area contributed by atoms with Gasteiger partial charge in [-0.1, -0.05) is 18.2 Å². The van der Waals surface area contributed by atoms with E-state index in [-0.39, 0.29) is 17.7 Å². The number of nitrogens with one attached hydrogen (secondary N) is 1. The second kappa shape index (κ2) is 11.1. The molecule has 2 heterocycles. The van der Waals surface area contributed by atoms with E-state index in [1.165, 1.54) is 0 Å². The molecule has 8 nitrogen and oxygen atoms in total. The molecule has 0 saturated carbocycles. The number of ether oxygens (including phenoxy) is 2. The predicted octanol–water partition coefficient (Wildman–Crippen LogP) is 2.79. The van der Waals surface area contributed by atoms with Crippen LogP contribution in [0.1, 0.15) is 11.3 Å². The summed E-state index contributed by atoms with van der Waals surface area (Å²) >= 11 is 0. The molecule has 182 valence electrons. The molecule has 0 aliphatic carbocycles. The lowest BCUT2D eigenvalue weighted by molar-refractivity contribution is 0.0663. The number of rotatable bonds is 8. The van der Waals surface area contributed by atoms with Gasteiger partial charge < -0.3 is 24.5 Å². The lowest BCUT2D eigenvalue weighted by Gasteiger charge is -2.37. The summed E-state index contributed by atoms with van der Waals surface area (Å²) in [4.78, 5) is 19.1. The zero-order valence-electron chi connectivity index (χ0n) is 20.0. The monoisotopic (exact) mass is 474 g/mol. The van der Waals surface area contributed by atoms with Crippen LogP contribution in [0.15, 0.2) is 59.4 Å². The number of aromatic amines is 1. The highest BCUT2D eigenvalue weighted by molar-refractivity contribution is 5.67. The highest BCUT2D eigenvalue weighted by atomic mass is 16.5. The number of nitriles is 1. The van der Waals surface area contributed by atoms with Crippen molar-refractivity contribution in [2.24, 2.45) is 0 Å². The van der Waals surface area contributed by atoms with Gasteiger partial charge in [0.1, 0.15) is 35.8 Å². The SMILES string of the molecule is COc1cccc(N2CCN(CC(O)COc3ccc(-c4cc(C#N)c(=O)[nH]c4C)cc3)CC2)c1. The number of piperazine rings is 1. The van der Waals surface area contributed by atoms with E-state index in [0.29, 0.717) is 18.0 Å². The summed E-state index contributed by atoms with van der Waals surface area (Å²) in [6, 6.07) is 19.0. The maximum absolute atomic E-state index is 11.8. The summed E-state index contributed by atoms with van der Waals surface area (Å²) in [5.74, 6) is 1.50. The van der Waals surface area contributed by atoms with E-state index in [1.54, 1.807) is 20.1 Å². The van der Waals surface area contributed by atoms with Crippen molar-refractivity contribution in [3.8, 4) is 28.7 Å². The minimum atomic E-state index is -0.599. The molecule has 1 fully saturated rings. The highest BCUT2D eigenvalue weighted by Crippen LogP contribution is 2.25. The zero-order valence-corrected chi connectivity index (χ0v) is 20.0. The summed E-state index contributed by atoms with van der Waals surface area (Å²) in [6.07, 6.45) is -0.599. The van der Waals surface area contributed by atoms with E-state index in [4.69, 9.17) is 14.7 Å². The smallest absolute Gasteiger partial charge is 0.266 e. The highest BCUT2D eigenvalue weighted by Gasteiger charge is 2.20. The van der Waals surface area contributed by atoms with Crippen molar-refractivity contribution in [2.45, 2.75) is 13.0 Å². The summed E-state index contributed by atoms with van der Waals surface area (Å²) in [7, 11) is 1.67. The van der Waals surface area contributed by atoms with Gasteiger partial charge in [-0.2, -0.15) is 5.26 Å². The average Bonchev–Trinajstić information content (AvgIpc) is 2.88. The first-order chi connectivity index (χ1) is 17.0. The van der Waals surface area contributed by atoms with E-state index < -0.39 is 6.10 Å². The minimum Gasteiger partial charge on any atom is -0.497 e. The number of aliphatic hydroxyl groups is 1. The minimum absolute atomic E-state index is 0.0818. The van der Waals surface area contributed by atoms with E-state index in [1.807, 2.05) is 48.5 Å². The number of hydrogen-bond acceptors (Lipinski definition) is 7. The Morgan fingerprint density at radius 2 is 1.83 bits per heavy atom. The Morgan fingerprint density at radius 3 is 2.51 bits per heavy atom. The molecular formula is C27H30N4O4. The molecule has 8 heteroatoms. The van der Waals surface area contributed by atoms with Gasteiger partial charge in [0.15, 0.2) is 0 Å². The van der Waals surface area contributed by atoms with Gasteiger partial charge in [-0.25, -0.2) is 0 Å². The molecule has 1 saturated heterocycles. The molecule has 1 unspecified atom stereocenters. The van der Waals surface area contributed by atoms with E-state index in [9.17, 15) is 9.90 Å². The first-order valence-corrected chi connectivity index (χ1v) is 11.6. The van der Waals surface area contributed by atoms with Crippen molar-refractivity contribution in [3.63, 3.8) is 0 Å². The molecule has 0 amide bonds. The third kappa shape index (κ3) is 6.01. The van der Waals surface area contributed by atoms with Crippen molar-refractivity contribution < 1.29 is 14.6 Å². The molecule has 1 aliphatic rings. The number of aliphatic hydroxyl groups excluding tert-OH is 1. The lowest BCUT2D eigenvalue weighted by Crippen LogP contribution is -2.49. The van der Waals surface area contributed by atoms with Crippen molar-refractivity contribution in [1.82, 2.24) is 9.88 Å². The fourth-order valence-electron chi connectivity index (χ4n) is 4.28. The number of benzene rings is 2. The van der Waals surface area contributed by atoms with Crippen LogP contribution in [0.5, 0.6) is 11.5 Å². The Labute approximate surface area is 205 Å². The Morgan fingerprint density at radius 1 is 1.09 bits per heavy atom. The van der Waals surface area contributed by atoms with Gasteiger partial charge in [-0.15, -0.1) is 0 Å². The second-order valence-corrected chi connectivity index (χ2v) is 8.64. The number of nitrogens with zero attached hydrogens (tertiary/aromatic N) is 3. The first kappa shape index (κ1) is 24.3. The summed E-state index contributed by atoms with van der Waals surface area (Å²) in [5, 5.41) is 19.6. The van der Waals surface area contributed by atoms with Crippen molar-refractivity contribution in [1.29, 1.82) is 5.26 Å². The second-order valence-electron chi connectivity index (χ2n) is 8.64. The summed E-state index contributed by atoms with van der Waals surface area (Å²) in [5.41, 5.74) is 3.21. The fraction of sp³-hybridized carbons (Fsp3) is 0.333. The van der Waals surface area contributed by atoms with Gasteiger partial charge >= 0.3 is 0 Å². The first-order valence-electron chi connectivity index (χ1n) is 11.6. The predicted molar refractivity (Wildman–Crippen MR) is 135 cm³/mol. The molecule has 3 aromatic rings. The average molecular weight is 475 g/mol. The number of pyridine rings is 1. The van der Waals surface area contributed by atoms with Crippen LogP contribution in [0.25, 0.3) is 11.1 Å². The topological polar surface area (TPSA) is 102 Å². The van der Waals surface area contributed by atoms with Gasteiger partial charge in [0.25, 0.3) is 5.56 Å². The van der Waals surface area contributed by atoms with Crippen LogP contribution in [0, 0.1) is 18.3 Å². The van der Waals surface area contributed by atoms with Crippen LogP contribution in [0.3, 0.4) is 0 Å². The lowest BCUT2D eigenvalue weighted by atomic mass is 10.0. The number of aromatic nitrogens is 1. The molecule has 1 atom stereocenters. The van der Waals surface area contributed by atoms with Crippen LogP contribution in [0.2, 0.25) is 0 Å². The van der Waals surface area contributed by atoms with Crippen molar-refractivity contribution in [2.75, 3.05) is 51.3 Å². The number of aryl methyl sites for hydroxylation is 1. The Kier molecular flexibility index (Phi) is 7.70. The standard InChI is InChI=1S/C27H30N4O4/c1-19-26(14-21(16-28)27(33)29-19)20-6-8-24(9-7-20)35-18-23(32)17-30-10-12-31(13-11-30)22-4-3-5-25(15-22)34-2/h3-9,14-15,23,32H,10-13,17-18H2,1-2H3,(H,29,33). The van der Waals surface area contributed by atoms with Gasteiger partial charge in [-0.3, -0.25) is 9.69 Å². The molecule has 0 radical (unpaired) electrons. The Bertz CT molecular complexity index is 1240. The Balaban J connectivity index is 1.26. The molecular weight excluding hydrogens is 444 g/mol. The number of methoxy groups -OCH3 is 1. The van der Waals surface area contributed by atoms with Crippen LogP contribution >= 0.6 is 0 Å². The van der Waals surface area contributed by atoms with E-state index >= 15 is 0 Å². The maximum Gasteiger partial charge on any atom is 0.266 e. The van der Waals surface area contributed by atoms with Gasteiger partial charge in [0.2, 0.25) is 0 Å². The normalized spacial score (nSPS) is 14.9. The van der Waals surface area contributed by atoms with Gasteiger partial charge in [-0.05, 0) is 42.8 Å². The van der Waals surface area contributed by atoms with Gasteiger partial charge in [0.05, 0.1) is 7.11 Å². The third-order valence-corrected chi connectivity index (χ3v) is 6.23. The van der Waals surface area contributed by atoms with Crippen molar-refractivity contribution in [3.05, 3.63) is 76.2 Å². The number of H-pyrrole nitrogens is 1. The molecule has 2 N–H and O–H groups in total. The van der Waals surface area contributed by atoms with E-state index in [0.717, 1.165) is 48.7 Å². The molecule has 0 spiro atoms. The fourth-order valence-corrected chi connectivity index (χ4v) is 4.28. The molecule has 0 bridgehead atoms. The zero-order chi connectivity index (χ0) is 24.8. The third-order valence-electron chi connectivity index (χ3n) is 6.23.